The van der Waals surface area contributed by atoms with Gasteiger partial charge in [0, 0.05) is 6.54 Å². The van der Waals surface area contributed by atoms with Crippen molar-refractivity contribution in [1.29, 1.82) is 0 Å². The molecule has 7 heteroatoms. The van der Waals surface area contributed by atoms with Gasteiger partial charge in [0.1, 0.15) is 0 Å². The van der Waals surface area contributed by atoms with Crippen LogP contribution in [0.3, 0.4) is 0 Å². The van der Waals surface area contributed by atoms with Crippen LogP contribution in [0.2, 0.25) is 0 Å². The molecule has 1 unspecified atom stereocenters. The van der Waals surface area contributed by atoms with E-state index in [0.717, 1.165) is 31.7 Å². The lowest BCUT2D eigenvalue weighted by Gasteiger charge is -2.64. The molecule has 5 rings (SSSR count). The fraction of sp³-hybridized carbons (Fsp3) is 0.938. The number of amides is 1. The number of halogens is 1. The zero-order chi connectivity index (χ0) is 15.7. The van der Waals surface area contributed by atoms with Crippen LogP contribution in [0.1, 0.15) is 46.5 Å². The van der Waals surface area contributed by atoms with Crippen LogP contribution in [0.15, 0.2) is 0 Å². The number of nitrogens with two attached hydrogens (primary N) is 1. The first-order valence-electron chi connectivity index (χ1n) is 8.70. The minimum atomic E-state index is -0.275. The second-order valence-corrected chi connectivity index (χ2v) is 8.34. The first-order valence-corrected chi connectivity index (χ1v) is 8.70. The van der Waals surface area contributed by atoms with Crippen LogP contribution in [0, 0.1) is 17.3 Å². The maximum Gasteiger partial charge on any atom is 0.481 e. The van der Waals surface area contributed by atoms with Crippen LogP contribution in [0.4, 0.5) is 0 Å². The smallest absolute Gasteiger partial charge is 0.404 e. The van der Waals surface area contributed by atoms with E-state index < -0.39 is 0 Å². The second kappa shape index (κ2) is 5.62. The molecule has 2 heterocycles. The SMILES string of the molecule is CC1(C)[C@@H]2CC3OB([C@@H]4CCCN4C(=O)CN)O[C@@]3(C)[C@H]1C2.Cl. The van der Waals surface area contributed by atoms with Gasteiger partial charge in [-0.1, -0.05) is 13.8 Å². The van der Waals surface area contributed by atoms with Gasteiger partial charge in [-0.3, -0.25) is 4.79 Å². The molecule has 0 aromatic carbocycles. The Balaban J connectivity index is 0.00000156. The van der Waals surface area contributed by atoms with Crippen molar-refractivity contribution in [2.75, 3.05) is 13.1 Å². The topological polar surface area (TPSA) is 64.8 Å². The van der Waals surface area contributed by atoms with Crippen molar-refractivity contribution in [2.24, 2.45) is 23.0 Å². The Morgan fingerprint density at radius 3 is 2.74 bits per heavy atom. The number of carbonyl (C=O) groups is 1. The molecule has 0 aromatic heterocycles. The van der Waals surface area contributed by atoms with Crippen LogP contribution >= 0.6 is 12.4 Å². The Kier molecular flexibility index (Phi) is 4.28. The second-order valence-electron chi connectivity index (χ2n) is 8.34. The van der Waals surface area contributed by atoms with Gasteiger partial charge in [0.25, 0.3) is 0 Å². The first-order chi connectivity index (χ1) is 10.4. The summed E-state index contributed by atoms with van der Waals surface area (Å²) in [6.07, 6.45) is 4.50. The summed E-state index contributed by atoms with van der Waals surface area (Å²) in [6.45, 7) is 7.81. The average molecular weight is 343 g/mol. The molecule has 23 heavy (non-hydrogen) atoms. The molecule has 5 atom stereocenters. The molecule has 0 aromatic rings. The van der Waals surface area contributed by atoms with Crippen LogP contribution in [-0.2, 0) is 14.1 Å². The van der Waals surface area contributed by atoms with Gasteiger partial charge in [-0.05, 0) is 49.9 Å². The Morgan fingerprint density at radius 1 is 1.35 bits per heavy atom. The summed E-state index contributed by atoms with van der Waals surface area (Å²) in [5.41, 5.74) is 5.71. The van der Waals surface area contributed by atoms with Gasteiger partial charge in [-0.15, -0.1) is 12.4 Å². The summed E-state index contributed by atoms with van der Waals surface area (Å²) in [7, 11) is -0.275. The molecule has 0 radical (unpaired) electrons. The zero-order valence-corrected chi connectivity index (χ0v) is 15.1. The summed E-state index contributed by atoms with van der Waals surface area (Å²) in [5, 5.41) is 0. The molecule has 2 bridgehead atoms. The minimum absolute atomic E-state index is 0. The van der Waals surface area contributed by atoms with Crippen LogP contribution in [0.5, 0.6) is 0 Å². The number of carbonyl (C=O) groups excluding carboxylic acids is 1. The van der Waals surface area contributed by atoms with Crippen LogP contribution < -0.4 is 5.73 Å². The van der Waals surface area contributed by atoms with Crippen LogP contribution in [-0.4, -0.2) is 48.7 Å². The Labute approximate surface area is 145 Å². The van der Waals surface area contributed by atoms with Crippen molar-refractivity contribution in [3.8, 4) is 0 Å². The monoisotopic (exact) mass is 342 g/mol. The molecule has 0 spiro atoms. The molecule has 2 saturated heterocycles. The number of rotatable bonds is 2. The lowest BCUT2D eigenvalue weighted by molar-refractivity contribution is -0.199. The minimum Gasteiger partial charge on any atom is -0.404 e. The molecular formula is C16H28BClN2O3. The molecule has 130 valence electrons. The third-order valence-corrected chi connectivity index (χ3v) is 7.08. The van der Waals surface area contributed by atoms with Crippen molar-refractivity contribution < 1.29 is 14.1 Å². The standard InChI is InChI=1S/C16H27BN2O3.ClH/c1-15(2)10-7-11(15)16(3)12(8-10)21-17(22-16)13-5-4-6-19(13)14(20)9-18;/h10-13H,4-9,18H2,1-3H3;1H/t10-,11-,12?,13-,16-;/m0./s1. The highest BCUT2D eigenvalue weighted by molar-refractivity contribution is 6.48. The van der Waals surface area contributed by atoms with E-state index >= 15 is 0 Å². The molecule has 5 fully saturated rings. The summed E-state index contributed by atoms with van der Waals surface area (Å²) in [6, 6.07) is 0. The molecule has 2 N–H and O–H groups in total. The normalized spacial score (nSPS) is 43.7. The largest absolute Gasteiger partial charge is 0.481 e. The zero-order valence-electron chi connectivity index (χ0n) is 14.3. The fourth-order valence-electron chi connectivity index (χ4n) is 5.57. The molecule has 3 aliphatic carbocycles. The van der Waals surface area contributed by atoms with Gasteiger partial charge in [-0.2, -0.15) is 0 Å². The molecule has 5 aliphatic rings. The van der Waals surface area contributed by atoms with E-state index in [2.05, 4.69) is 20.8 Å². The van der Waals surface area contributed by atoms with E-state index in [1.807, 2.05) is 4.90 Å². The van der Waals surface area contributed by atoms with Crippen LogP contribution in [0.25, 0.3) is 0 Å². The van der Waals surface area contributed by atoms with Gasteiger partial charge >= 0.3 is 7.12 Å². The molecule has 1 amide bonds. The predicted molar refractivity (Wildman–Crippen MR) is 91.1 cm³/mol. The summed E-state index contributed by atoms with van der Waals surface area (Å²) < 4.78 is 12.8. The Bertz CT molecular complexity index is 506. The van der Waals surface area contributed by atoms with Gasteiger partial charge in [0.2, 0.25) is 5.91 Å². The number of hydrogen-bond donors (Lipinski definition) is 1. The average Bonchev–Trinajstić information content (AvgIpc) is 3.08. The summed E-state index contributed by atoms with van der Waals surface area (Å²) in [5.74, 6) is 1.37. The highest BCUT2D eigenvalue weighted by Gasteiger charge is 2.68. The Hall–Kier alpha value is -0.295. The van der Waals surface area contributed by atoms with E-state index in [4.69, 9.17) is 15.0 Å². The van der Waals surface area contributed by atoms with Crippen molar-refractivity contribution in [3.05, 3.63) is 0 Å². The van der Waals surface area contributed by atoms with E-state index in [-0.39, 0.29) is 49.6 Å². The van der Waals surface area contributed by atoms with E-state index in [1.54, 1.807) is 0 Å². The van der Waals surface area contributed by atoms with E-state index in [9.17, 15) is 4.79 Å². The fourth-order valence-corrected chi connectivity index (χ4v) is 5.57. The Morgan fingerprint density at radius 2 is 2.09 bits per heavy atom. The third kappa shape index (κ3) is 2.29. The van der Waals surface area contributed by atoms with Crippen molar-refractivity contribution >= 4 is 25.4 Å². The molecular weight excluding hydrogens is 314 g/mol. The van der Waals surface area contributed by atoms with Crippen molar-refractivity contribution in [2.45, 2.75) is 64.1 Å². The maximum absolute atomic E-state index is 12.0. The van der Waals surface area contributed by atoms with Gasteiger partial charge in [-0.25, -0.2) is 0 Å². The molecule has 3 saturated carbocycles. The number of hydrogen-bond acceptors (Lipinski definition) is 4. The molecule has 2 aliphatic heterocycles. The van der Waals surface area contributed by atoms with E-state index in [1.165, 1.54) is 6.42 Å². The lowest BCUT2D eigenvalue weighted by Crippen LogP contribution is -2.65. The van der Waals surface area contributed by atoms with E-state index in [0.29, 0.717) is 11.3 Å². The predicted octanol–water partition coefficient (Wildman–Crippen LogP) is 1.63. The highest BCUT2D eigenvalue weighted by atomic mass is 35.5. The van der Waals surface area contributed by atoms with Crippen molar-refractivity contribution in [3.63, 3.8) is 0 Å². The third-order valence-electron chi connectivity index (χ3n) is 7.08. The molecule has 5 nitrogen and oxygen atoms in total. The summed E-state index contributed by atoms with van der Waals surface area (Å²) >= 11 is 0. The maximum atomic E-state index is 12.0. The van der Waals surface area contributed by atoms with Gasteiger partial charge in [0.15, 0.2) is 0 Å². The lowest BCUT2D eigenvalue weighted by atomic mass is 9.43. The first kappa shape index (κ1) is 17.5. The summed E-state index contributed by atoms with van der Waals surface area (Å²) in [4.78, 5) is 13.9. The van der Waals surface area contributed by atoms with Crippen molar-refractivity contribution in [1.82, 2.24) is 4.90 Å². The van der Waals surface area contributed by atoms with Gasteiger partial charge < -0.3 is 19.9 Å². The highest BCUT2D eigenvalue weighted by Crippen LogP contribution is 2.65. The number of likely N-dealkylation sites (tertiary alicyclic amines) is 1. The number of nitrogens with zero attached hydrogens (tertiary/aromatic N) is 1. The van der Waals surface area contributed by atoms with Gasteiger partial charge in [0.05, 0.1) is 24.2 Å². The quantitative estimate of drug-likeness (QED) is 0.775.